The fourth-order valence-electron chi connectivity index (χ4n) is 5.00. The fraction of sp³-hybridized carbons (Fsp3) is 0.481. The molecule has 2 aromatic rings. The summed E-state index contributed by atoms with van der Waals surface area (Å²) in [5.74, 6) is 1.58. The molecule has 1 unspecified atom stereocenters. The highest BCUT2D eigenvalue weighted by Gasteiger charge is 2.30. The molecular weight excluding hydrogens is 486 g/mol. The molecule has 4 N–H and O–H groups in total. The number of likely N-dealkylation sites (N-methyl/N-ethyl adjacent to an activating group) is 1. The third-order valence-corrected chi connectivity index (χ3v) is 7.25. The van der Waals surface area contributed by atoms with Gasteiger partial charge in [-0.1, -0.05) is 6.07 Å². The number of aromatic nitrogens is 1. The average molecular weight is 522 g/mol. The first kappa shape index (κ1) is 25.8. The van der Waals surface area contributed by atoms with E-state index in [4.69, 9.17) is 15.2 Å². The molecule has 2 atom stereocenters. The van der Waals surface area contributed by atoms with Gasteiger partial charge in [-0.25, -0.2) is 9.78 Å². The summed E-state index contributed by atoms with van der Waals surface area (Å²) in [5, 5.41) is 12.4. The number of carbonyl (C=O) groups excluding carboxylic acids is 2. The lowest BCUT2D eigenvalue weighted by Gasteiger charge is -2.22. The number of nitrogens with two attached hydrogens (primary N) is 1. The Bertz CT molecular complexity index is 1180. The van der Waals surface area contributed by atoms with Crippen molar-refractivity contribution in [3.63, 3.8) is 0 Å². The first-order chi connectivity index (χ1) is 18.4. The predicted molar refractivity (Wildman–Crippen MR) is 144 cm³/mol. The molecule has 2 fully saturated rings. The zero-order chi connectivity index (χ0) is 26.5. The summed E-state index contributed by atoms with van der Waals surface area (Å²) in [6.45, 7) is 4.25. The van der Waals surface area contributed by atoms with Crippen LogP contribution in [-0.2, 0) is 0 Å². The second-order valence-corrected chi connectivity index (χ2v) is 10.2. The van der Waals surface area contributed by atoms with Crippen LogP contribution < -0.4 is 25.8 Å². The van der Waals surface area contributed by atoms with Gasteiger partial charge in [-0.3, -0.25) is 9.80 Å². The second-order valence-electron chi connectivity index (χ2n) is 10.2. The first-order valence-corrected chi connectivity index (χ1v) is 13.2. The molecule has 0 spiro atoms. The Morgan fingerprint density at radius 1 is 1.16 bits per heavy atom. The zero-order valence-corrected chi connectivity index (χ0v) is 21.6. The van der Waals surface area contributed by atoms with Crippen molar-refractivity contribution in [2.75, 3.05) is 52.1 Å². The normalized spacial score (nSPS) is 21.5. The van der Waals surface area contributed by atoms with Crippen LogP contribution in [0.25, 0.3) is 0 Å². The number of nitrogens with zero attached hydrogens (tertiary/aromatic N) is 4. The third-order valence-electron chi connectivity index (χ3n) is 7.25. The number of hydrogen-bond acceptors (Lipinski definition) is 9. The maximum absolute atomic E-state index is 13.0. The number of nitrogens with one attached hydrogen (secondary N) is 2. The highest BCUT2D eigenvalue weighted by Crippen LogP contribution is 2.24. The molecule has 0 saturated carbocycles. The van der Waals surface area contributed by atoms with Crippen LogP contribution in [0.15, 0.2) is 41.6 Å². The van der Waals surface area contributed by atoms with Gasteiger partial charge in [0.05, 0.1) is 12.2 Å². The molecule has 38 heavy (non-hydrogen) atoms. The molecule has 5 rings (SSSR count). The summed E-state index contributed by atoms with van der Waals surface area (Å²) in [7, 11) is 1.90. The molecular formula is C27H35N7O4. The molecule has 3 aliphatic heterocycles. The topological polar surface area (TPSA) is 134 Å². The summed E-state index contributed by atoms with van der Waals surface area (Å²) in [5.41, 5.74) is 7.23. The third kappa shape index (κ3) is 6.34. The van der Waals surface area contributed by atoms with Crippen LogP contribution in [0.4, 0.5) is 10.6 Å². The number of piperidine rings is 1. The van der Waals surface area contributed by atoms with E-state index in [1.165, 1.54) is 0 Å². The highest BCUT2D eigenvalue weighted by molar-refractivity contribution is 5.99. The van der Waals surface area contributed by atoms with Gasteiger partial charge in [-0.2, -0.15) is 5.10 Å². The van der Waals surface area contributed by atoms with Gasteiger partial charge in [0.15, 0.2) is 0 Å². The second kappa shape index (κ2) is 11.7. The van der Waals surface area contributed by atoms with E-state index in [9.17, 15) is 9.59 Å². The fourth-order valence-corrected chi connectivity index (χ4v) is 5.00. The molecule has 1 aromatic carbocycles. The number of hydrogen-bond donors (Lipinski definition) is 3. The van der Waals surface area contributed by atoms with Crippen molar-refractivity contribution in [1.82, 2.24) is 25.5 Å². The number of ether oxygens (including phenoxy) is 2. The lowest BCUT2D eigenvalue weighted by molar-refractivity contribution is 0.0936. The predicted octanol–water partition coefficient (Wildman–Crippen LogP) is 2.06. The Morgan fingerprint density at radius 3 is 2.76 bits per heavy atom. The number of nitrogen functional groups attached to an aromatic ring is 1. The quantitative estimate of drug-likeness (QED) is 0.504. The molecule has 3 aliphatic rings. The SMILES string of the molecule is CN1CC(c2cnc(N)c(C(=O)N[C@@H]3CCN(C(=O)Oc4cccc(OCC5CCNCC5)c4)C3)c2)C=N1. The van der Waals surface area contributed by atoms with Crippen molar-refractivity contribution < 1.29 is 19.1 Å². The Morgan fingerprint density at radius 2 is 1.97 bits per heavy atom. The summed E-state index contributed by atoms with van der Waals surface area (Å²) in [6, 6.07) is 8.72. The van der Waals surface area contributed by atoms with Crippen LogP contribution in [0.5, 0.6) is 11.5 Å². The molecule has 0 aliphatic carbocycles. The number of anilines is 1. The monoisotopic (exact) mass is 521 g/mol. The minimum atomic E-state index is -0.454. The van der Waals surface area contributed by atoms with Gasteiger partial charge in [0.25, 0.3) is 5.91 Å². The van der Waals surface area contributed by atoms with E-state index in [0.717, 1.165) is 38.0 Å². The van der Waals surface area contributed by atoms with E-state index in [1.54, 1.807) is 29.3 Å². The number of pyridine rings is 1. The van der Waals surface area contributed by atoms with Crippen molar-refractivity contribution in [2.45, 2.75) is 31.2 Å². The largest absolute Gasteiger partial charge is 0.493 e. The maximum Gasteiger partial charge on any atom is 0.415 e. The van der Waals surface area contributed by atoms with Gasteiger partial charge < -0.3 is 30.7 Å². The van der Waals surface area contributed by atoms with Gasteiger partial charge >= 0.3 is 6.09 Å². The average Bonchev–Trinajstić information content (AvgIpc) is 3.58. The number of hydrazone groups is 1. The number of amides is 2. The van der Waals surface area contributed by atoms with Gasteiger partial charge in [0, 0.05) is 57.1 Å². The smallest absolute Gasteiger partial charge is 0.415 e. The van der Waals surface area contributed by atoms with Crippen molar-refractivity contribution in [3.05, 3.63) is 47.7 Å². The summed E-state index contributed by atoms with van der Waals surface area (Å²) in [4.78, 5) is 31.6. The molecule has 2 amide bonds. The number of likely N-dealkylation sites (tertiary alicyclic amines) is 1. The van der Waals surface area contributed by atoms with Crippen molar-refractivity contribution in [3.8, 4) is 11.5 Å². The van der Waals surface area contributed by atoms with Crippen molar-refractivity contribution in [1.29, 1.82) is 0 Å². The van der Waals surface area contributed by atoms with Crippen molar-refractivity contribution >= 4 is 24.0 Å². The molecule has 202 valence electrons. The Hall–Kier alpha value is -3.86. The van der Waals surface area contributed by atoms with E-state index < -0.39 is 6.09 Å². The van der Waals surface area contributed by atoms with Gasteiger partial charge in [-0.15, -0.1) is 0 Å². The number of rotatable bonds is 7. The summed E-state index contributed by atoms with van der Waals surface area (Å²) < 4.78 is 11.6. The standard InChI is InChI=1S/C27H35N7O4/c1-33-15-20(14-31-33)19-11-24(25(28)30-13-19)26(35)32-21-7-10-34(16-21)27(36)38-23-4-2-3-22(12-23)37-17-18-5-8-29-9-6-18/h2-4,11-14,18,20-21,29H,5-10,15-17H2,1H3,(H2,28,30)(H,32,35)/t20?,21-/m1/s1. The van der Waals surface area contributed by atoms with Crippen LogP contribution in [0, 0.1) is 5.92 Å². The lowest BCUT2D eigenvalue weighted by atomic mass is 9.99. The maximum atomic E-state index is 13.0. The van der Waals surface area contributed by atoms with Gasteiger partial charge in [0.2, 0.25) is 0 Å². The molecule has 11 nitrogen and oxygen atoms in total. The minimum Gasteiger partial charge on any atom is -0.493 e. The molecule has 1 aromatic heterocycles. The highest BCUT2D eigenvalue weighted by atomic mass is 16.6. The van der Waals surface area contributed by atoms with E-state index in [2.05, 4.69) is 20.7 Å². The van der Waals surface area contributed by atoms with Crippen LogP contribution in [0.1, 0.15) is 41.1 Å². The van der Waals surface area contributed by atoms with Gasteiger partial charge in [-0.05, 0) is 62.0 Å². The summed E-state index contributed by atoms with van der Waals surface area (Å²) in [6.07, 6.45) is 5.89. The van der Waals surface area contributed by atoms with E-state index >= 15 is 0 Å². The minimum absolute atomic E-state index is 0.0601. The molecule has 11 heteroatoms. The Balaban J connectivity index is 1.12. The molecule has 0 radical (unpaired) electrons. The van der Waals surface area contributed by atoms with E-state index in [-0.39, 0.29) is 23.7 Å². The Kier molecular flexibility index (Phi) is 7.92. The molecule has 4 heterocycles. The van der Waals surface area contributed by atoms with E-state index in [1.807, 2.05) is 30.4 Å². The molecule has 0 bridgehead atoms. The summed E-state index contributed by atoms with van der Waals surface area (Å²) >= 11 is 0. The first-order valence-electron chi connectivity index (χ1n) is 13.2. The van der Waals surface area contributed by atoms with Gasteiger partial charge in [0.1, 0.15) is 17.3 Å². The van der Waals surface area contributed by atoms with Crippen LogP contribution in [0.3, 0.4) is 0 Å². The van der Waals surface area contributed by atoms with Crippen molar-refractivity contribution in [2.24, 2.45) is 11.0 Å². The lowest BCUT2D eigenvalue weighted by Crippen LogP contribution is -2.39. The Labute approximate surface area is 222 Å². The van der Waals surface area contributed by atoms with Crippen LogP contribution in [0.2, 0.25) is 0 Å². The van der Waals surface area contributed by atoms with Crippen LogP contribution in [-0.4, -0.2) is 85.5 Å². The zero-order valence-electron chi connectivity index (χ0n) is 21.6. The number of carbonyl (C=O) groups is 2. The van der Waals surface area contributed by atoms with Crippen LogP contribution >= 0.6 is 0 Å². The number of benzene rings is 1. The van der Waals surface area contributed by atoms with E-state index in [0.29, 0.717) is 49.1 Å². The molecule has 2 saturated heterocycles.